The van der Waals surface area contributed by atoms with Gasteiger partial charge in [0.1, 0.15) is 5.78 Å². The number of hydrogen-bond acceptors (Lipinski definition) is 3. The number of piperidine rings is 1. The number of hydrogen-bond donors (Lipinski definition) is 1. The van der Waals surface area contributed by atoms with Crippen LogP contribution in [-0.4, -0.2) is 41.5 Å². The molecule has 0 bridgehead atoms. The second kappa shape index (κ2) is 5.78. The predicted octanol–water partition coefficient (Wildman–Crippen LogP) is 1.59. The van der Waals surface area contributed by atoms with Gasteiger partial charge in [-0.3, -0.25) is 9.69 Å². The van der Waals surface area contributed by atoms with Gasteiger partial charge >= 0.3 is 0 Å². The van der Waals surface area contributed by atoms with Gasteiger partial charge in [-0.1, -0.05) is 25.7 Å². The minimum atomic E-state index is -0.228. The molecule has 0 radical (unpaired) electrons. The second-order valence-electron chi connectivity index (χ2n) is 5.42. The van der Waals surface area contributed by atoms with E-state index < -0.39 is 0 Å². The lowest BCUT2D eigenvalue weighted by molar-refractivity contribution is -0.122. The minimum Gasteiger partial charge on any atom is -0.392 e. The van der Waals surface area contributed by atoms with E-state index in [9.17, 15) is 9.90 Å². The number of carbonyl (C=O) groups is 1. The lowest BCUT2D eigenvalue weighted by atomic mass is 9.99. The Morgan fingerprint density at radius 2 is 2.06 bits per heavy atom. The molecule has 0 amide bonds. The SMILES string of the molecule is O=C1CCCN(CC(O)CC2CCCC2)C1. The third-order valence-corrected chi connectivity index (χ3v) is 3.88. The zero-order chi connectivity index (χ0) is 11.4. The molecule has 1 heterocycles. The molecule has 92 valence electrons. The Morgan fingerprint density at radius 1 is 1.31 bits per heavy atom. The van der Waals surface area contributed by atoms with E-state index in [1.54, 1.807) is 0 Å². The van der Waals surface area contributed by atoms with Gasteiger partial charge in [0.15, 0.2) is 0 Å². The molecule has 0 aromatic heterocycles. The van der Waals surface area contributed by atoms with Gasteiger partial charge in [-0.15, -0.1) is 0 Å². The van der Waals surface area contributed by atoms with Crippen LogP contribution in [0.5, 0.6) is 0 Å². The Hall–Kier alpha value is -0.410. The van der Waals surface area contributed by atoms with E-state index in [1.165, 1.54) is 25.7 Å². The van der Waals surface area contributed by atoms with E-state index in [4.69, 9.17) is 0 Å². The number of carbonyl (C=O) groups excluding carboxylic acids is 1. The van der Waals surface area contributed by atoms with Gasteiger partial charge in [0, 0.05) is 13.0 Å². The summed E-state index contributed by atoms with van der Waals surface area (Å²) in [7, 11) is 0. The van der Waals surface area contributed by atoms with Gasteiger partial charge < -0.3 is 5.11 Å². The Balaban J connectivity index is 1.69. The Bertz CT molecular complexity index is 236. The highest BCUT2D eigenvalue weighted by atomic mass is 16.3. The van der Waals surface area contributed by atoms with Gasteiger partial charge in [-0.2, -0.15) is 0 Å². The molecule has 1 saturated carbocycles. The first-order valence-corrected chi connectivity index (χ1v) is 6.66. The number of aliphatic hydroxyl groups excluding tert-OH is 1. The second-order valence-corrected chi connectivity index (χ2v) is 5.42. The van der Waals surface area contributed by atoms with Gasteiger partial charge in [-0.25, -0.2) is 0 Å². The molecule has 3 heteroatoms. The van der Waals surface area contributed by atoms with Crippen molar-refractivity contribution < 1.29 is 9.90 Å². The third-order valence-electron chi connectivity index (χ3n) is 3.88. The topological polar surface area (TPSA) is 40.5 Å². The summed E-state index contributed by atoms with van der Waals surface area (Å²) in [5.74, 6) is 1.06. The molecular formula is C13H23NO2. The van der Waals surface area contributed by atoms with Crippen LogP contribution in [0.4, 0.5) is 0 Å². The van der Waals surface area contributed by atoms with E-state index in [2.05, 4.69) is 4.90 Å². The molecule has 16 heavy (non-hydrogen) atoms. The largest absolute Gasteiger partial charge is 0.392 e. The first-order chi connectivity index (χ1) is 7.74. The molecule has 0 aromatic carbocycles. The maximum atomic E-state index is 11.3. The molecule has 1 saturated heterocycles. The van der Waals surface area contributed by atoms with Gasteiger partial charge in [0.05, 0.1) is 12.6 Å². The average Bonchev–Trinajstić information content (AvgIpc) is 2.70. The van der Waals surface area contributed by atoms with Crippen LogP contribution in [0.3, 0.4) is 0 Å². The smallest absolute Gasteiger partial charge is 0.146 e. The van der Waals surface area contributed by atoms with Gasteiger partial charge in [0.2, 0.25) is 0 Å². The first kappa shape index (κ1) is 12.1. The fourth-order valence-electron chi connectivity index (χ4n) is 3.07. The molecule has 2 aliphatic rings. The van der Waals surface area contributed by atoms with Crippen molar-refractivity contribution in [2.24, 2.45) is 5.92 Å². The molecule has 2 fully saturated rings. The molecular weight excluding hydrogens is 202 g/mol. The number of likely N-dealkylation sites (tertiary alicyclic amines) is 1. The van der Waals surface area contributed by atoms with Crippen LogP contribution >= 0.6 is 0 Å². The van der Waals surface area contributed by atoms with Gasteiger partial charge in [-0.05, 0) is 25.3 Å². The molecule has 1 aliphatic heterocycles. The fourth-order valence-corrected chi connectivity index (χ4v) is 3.07. The highest BCUT2D eigenvalue weighted by Gasteiger charge is 2.22. The standard InChI is InChI=1S/C13H23NO2/c15-12-6-3-7-14(9-12)10-13(16)8-11-4-1-2-5-11/h11,13,16H,1-10H2. The molecule has 3 nitrogen and oxygen atoms in total. The molecule has 1 unspecified atom stereocenters. The summed E-state index contributed by atoms with van der Waals surface area (Å²) in [5, 5.41) is 10.00. The average molecular weight is 225 g/mol. The van der Waals surface area contributed by atoms with Crippen LogP contribution in [0, 0.1) is 5.92 Å². The summed E-state index contributed by atoms with van der Waals surface area (Å²) in [6.07, 6.45) is 7.65. The van der Waals surface area contributed by atoms with Crippen molar-refractivity contribution in [1.82, 2.24) is 4.90 Å². The number of nitrogens with zero attached hydrogens (tertiary/aromatic N) is 1. The third kappa shape index (κ3) is 3.56. The number of aliphatic hydroxyl groups is 1. The molecule has 1 aliphatic carbocycles. The summed E-state index contributed by atoms with van der Waals surface area (Å²) in [6, 6.07) is 0. The van der Waals surface area contributed by atoms with E-state index in [0.29, 0.717) is 18.9 Å². The number of Topliss-reactive ketones (excluding diaryl/α,β-unsaturated/α-hetero) is 1. The molecule has 2 rings (SSSR count). The lowest BCUT2D eigenvalue weighted by Gasteiger charge is -2.28. The summed E-state index contributed by atoms with van der Waals surface area (Å²) < 4.78 is 0. The Labute approximate surface area is 97.8 Å². The van der Waals surface area contributed by atoms with E-state index in [-0.39, 0.29) is 6.10 Å². The van der Waals surface area contributed by atoms with Crippen LogP contribution in [-0.2, 0) is 4.79 Å². The molecule has 0 aromatic rings. The van der Waals surface area contributed by atoms with Crippen LogP contribution in [0.1, 0.15) is 44.9 Å². The summed E-state index contributed by atoms with van der Waals surface area (Å²) in [5.41, 5.74) is 0. The predicted molar refractivity (Wildman–Crippen MR) is 63.3 cm³/mol. The number of rotatable bonds is 4. The van der Waals surface area contributed by atoms with Crippen molar-refractivity contribution in [3.05, 3.63) is 0 Å². The van der Waals surface area contributed by atoms with Crippen LogP contribution in [0.25, 0.3) is 0 Å². The summed E-state index contributed by atoms with van der Waals surface area (Å²) in [4.78, 5) is 13.4. The van der Waals surface area contributed by atoms with Crippen LogP contribution in [0.15, 0.2) is 0 Å². The van der Waals surface area contributed by atoms with Crippen molar-refractivity contribution in [3.8, 4) is 0 Å². The van der Waals surface area contributed by atoms with Crippen LogP contribution < -0.4 is 0 Å². The van der Waals surface area contributed by atoms with Crippen molar-refractivity contribution in [2.75, 3.05) is 19.6 Å². The van der Waals surface area contributed by atoms with E-state index in [1.807, 2.05) is 0 Å². The van der Waals surface area contributed by atoms with Crippen molar-refractivity contribution in [3.63, 3.8) is 0 Å². The van der Waals surface area contributed by atoms with E-state index >= 15 is 0 Å². The van der Waals surface area contributed by atoms with E-state index in [0.717, 1.165) is 31.7 Å². The molecule has 1 atom stereocenters. The zero-order valence-corrected chi connectivity index (χ0v) is 10.0. The monoisotopic (exact) mass is 225 g/mol. The van der Waals surface area contributed by atoms with Crippen molar-refractivity contribution in [2.45, 2.75) is 51.0 Å². The summed E-state index contributed by atoms with van der Waals surface area (Å²) in [6.45, 7) is 2.23. The Morgan fingerprint density at radius 3 is 2.75 bits per heavy atom. The lowest BCUT2D eigenvalue weighted by Crippen LogP contribution is -2.40. The van der Waals surface area contributed by atoms with Crippen molar-refractivity contribution >= 4 is 5.78 Å². The minimum absolute atomic E-state index is 0.228. The summed E-state index contributed by atoms with van der Waals surface area (Å²) >= 11 is 0. The van der Waals surface area contributed by atoms with Gasteiger partial charge in [0.25, 0.3) is 0 Å². The first-order valence-electron chi connectivity index (χ1n) is 6.66. The highest BCUT2D eigenvalue weighted by molar-refractivity contribution is 5.81. The highest BCUT2D eigenvalue weighted by Crippen LogP contribution is 2.28. The fraction of sp³-hybridized carbons (Fsp3) is 0.923. The normalized spacial score (nSPS) is 26.2. The quantitative estimate of drug-likeness (QED) is 0.790. The molecule has 1 N–H and O–H groups in total. The molecule has 0 spiro atoms. The Kier molecular flexibility index (Phi) is 4.36. The van der Waals surface area contributed by atoms with Crippen molar-refractivity contribution in [1.29, 1.82) is 0 Å². The maximum Gasteiger partial charge on any atom is 0.146 e. The van der Waals surface area contributed by atoms with Crippen LogP contribution in [0.2, 0.25) is 0 Å². The maximum absolute atomic E-state index is 11.3. The number of ketones is 1. The zero-order valence-electron chi connectivity index (χ0n) is 10.0. The number of β-amino-alcohol motifs (C(OH)–C–C–N with tert-alkyl or cyclic N) is 1.